The van der Waals surface area contributed by atoms with Crippen molar-refractivity contribution in [3.63, 3.8) is 0 Å². The van der Waals surface area contributed by atoms with Crippen LogP contribution in [0.25, 0.3) is 0 Å². The van der Waals surface area contributed by atoms with E-state index in [1.54, 1.807) is 6.07 Å². The van der Waals surface area contributed by atoms with Crippen LogP contribution in [0, 0.1) is 0 Å². The second-order valence-corrected chi connectivity index (χ2v) is 5.03. The first kappa shape index (κ1) is 13.1. The van der Waals surface area contributed by atoms with Crippen LogP contribution in [0.4, 0.5) is 0 Å². The molecule has 0 amide bonds. The molecule has 1 aromatic carbocycles. The minimum Gasteiger partial charge on any atom is -0.390 e. The summed E-state index contributed by atoms with van der Waals surface area (Å²) in [5.74, 6) is 0. The molecule has 0 aliphatic rings. The van der Waals surface area contributed by atoms with Crippen molar-refractivity contribution < 1.29 is 10.2 Å². The minimum atomic E-state index is -0.916. The molecule has 3 nitrogen and oxygen atoms in total. The maximum absolute atomic E-state index is 9.87. The van der Waals surface area contributed by atoms with Gasteiger partial charge in [0.2, 0.25) is 0 Å². The molecule has 0 radical (unpaired) electrons. The Morgan fingerprint density at radius 1 is 1.27 bits per heavy atom. The summed E-state index contributed by atoms with van der Waals surface area (Å²) >= 11 is 6.64. The van der Waals surface area contributed by atoms with Crippen molar-refractivity contribution in [2.45, 2.75) is 18.6 Å². The zero-order valence-electron chi connectivity index (χ0n) is 8.03. The fourth-order valence-electron chi connectivity index (χ4n) is 1.28. The lowest BCUT2D eigenvalue weighted by Gasteiger charge is -2.18. The van der Waals surface area contributed by atoms with Crippen LogP contribution in [-0.2, 0) is 0 Å². The largest absolute Gasteiger partial charge is 0.390 e. The molecule has 5 heteroatoms. The first-order valence-corrected chi connectivity index (χ1v) is 6.16. The van der Waals surface area contributed by atoms with Crippen molar-refractivity contribution in [1.82, 2.24) is 0 Å². The van der Waals surface area contributed by atoms with Gasteiger partial charge < -0.3 is 15.9 Å². The molecule has 2 unspecified atom stereocenters. The van der Waals surface area contributed by atoms with Crippen molar-refractivity contribution >= 4 is 31.9 Å². The summed E-state index contributed by atoms with van der Waals surface area (Å²) in [5.41, 5.74) is 5.98. The van der Waals surface area contributed by atoms with E-state index in [9.17, 15) is 10.2 Å². The number of aliphatic hydroxyl groups is 2. The summed E-state index contributed by atoms with van der Waals surface area (Å²) in [6.07, 6.45) is -1.37. The monoisotopic (exact) mass is 337 g/mol. The molecule has 0 heterocycles. The molecule has 0 saturated carbocycles. The normalized spacial score (nSPS) is 15.0. The highest BCUT2D eigenvalue weighted by Crippen LogP contribution is 2.29. The topological polar surface area (TPSA) is 66.5 Å². The SMILES string of the molecule is NCCC(O)C(O)c1cc(Br)ccc1Br. The number of hydrogen-bond acceptors (Lipinski definition) is 3. The third-order valence-electron chi connectivity index (χ3n) is 2.10. The zero-order valence-corrected chi connectivity index (χ0v) is 11.2. The van der Waals surface area contributed by atoms with Crippen LogP contribution in [0.1, 0.15) is 18.1 Å². The van der Waals surface area contributed by atoms with Crippen molar-refractivity contribution in [2.24, 2.45) is 5.73 Å². The second kappa shape index (κ2) is 5.96. The molecule has 0 aromatic heterocycles. The maximum Gasteiger partial charge on any atom is 0.106 e. The summed E-state index contributed by atoms with van der Waals surface area (Å²) in [6.45, 7) is 0.351. The van der Waals surface area contributed by atoms with Crippen molar-refractivity contribution in [2.75, 3.05) is 6.54 Å². The maximum atomic E-state index is 9.87. The van der Waals surface area contributed by atoms with E-state index >= 15 is 0 Å². The van der Waals surface area contributed by atoms with E-state index in [0.717, 1.165) is 8.95 Å². The van der Waals surface area contributed by atoms with Gasteiger partial charge in [-0.15, -0.1) is 0 Å². The lowest BCUT2D eigenvalue weighted by atomic mass is 10.0. The molecule has 84 valence electrons. The molecule has 1 rings (SSSR count). The quantitative estimate of drug-likeness (QED) is 0.786. The predicted molar refractivity (Wildman–Crippen MR) is 66.5 cm³/mol. The Morgan fingerprint density at radius 3 is 2.53 bits per heavy atom. The molecule has 0 aliphatic carbocycles. The molecular weight excluding hydrogens is 326 g/mol. The highest BCUT2D eigenvalue weighted by molar-refractivity contribution is 9.11. The smallest absolute Gasteiger partial charge is 0.106 e. The van der Waals surface area contributed by atoms with Crippen LogP contribution in [-0.4, -0.2) is 22.9 Å². The van der Waals surface area contributed by atoms with Gasteiger partial charge in [-0.1, -0.05) is 31.9 Å². The van der Waals surface area contributed by atoms with Crippen molar-refractivity contribution in [3.05, 3.63) is 32.7 Å². The first-order valence-electron chi connectivity index (χ1n) is 4.57. The van der Waals surface area contributed by atoms with Crippen molar-refractivity contribution in [1.29, 1.82) is 0 Å². The van der Waals surface area contributed by atoms with E-state index in [-0.39, 0.29) is 0 Å². The van der Waals surface area contributed by atoms with Gasteiger partial charge in [0.1, 0.15) is 6.10 Å². The van der Waals surface area contributed by atoms with E-state index in [1.807, 2.05) is 12.1 Å². The van der Waals surface area contributed by atoms with Gasteiger partial charge in [-0.25, -0.2) is 0 Å². The zero-order chi connectivity index (χ0) is 11.4. The number of rotatable bonds is 4. The van der Waals surface area contributed by atoms with Crippen LogP contribution in [0.15, 0.2) is 27.1 Å². The third-order valence-corrected chi connectivity index (χ3v) is 3.32. The Morgan fingerprint density at radius 2 is 1.93 bits per heavy atom. The van der Waals surface area contributed by atoms with Gasteiger partial charge in [-0.3, -0.25) is 0 Å². The number of aliphatic hydroxyl groups excluding tert-OH is 2. The predicted octanol–water partition coefficient (Wildman–Crippen LogP) is 1.95. The molecule has 0 saturated heterocycles. The molecule has 0 aliphatic heterocycles. The first-order chi connectivity index (χ1) is 7.06. The van der Waals surface area contributed by atoms with Gasteiger partial charge in [0.15, 0.2) is 0 Å². The summed E-state index contributed by atoms with van der Waals surface area (Å²) in [6, 6.07) is 5.45. The summed E-state index contributed by atoms with van der Waals surface area (Å²) < 4.78 is 1.63. The van der Waals surface area contributed by atoms with Gasteiger partial charge in [-0.05, 0) is 36.7 Å². The van der Waals surface area contributed by atoms with Crippen molar-refractivity contribution in [3.8, 4) is 0 Å². The average Bonchev–Trinajstić information content (AvgIpc) is 2.21. The standard InChI is InChI=1S/C10H13Br2NO2/c11-6-1-2-8(12)7(5-6)10(15)9(14)3-4-13/h1-2,5,9-10,14-15H,3-4,13H2. The Labute approximate surface area is 106 Å². The molecule has 2 atom stereocenters. The minimum absolute atomic E-state index is 0.351. The average molecular weight is 339 g/mol. The molecule has 4 N–H and O–H groups in total. The van der Waals surface area contributed by atoms with Gasteiger partial charge in [0.05, 0.1) is 6.10 Å². The van der Waals surface area contributed by atoms with Crippen LogP contribution in [0.5, 0.6) is 0 Å². The summed E-state index contributed by atoms with van der Waals surface area (Å²) in [5, 5.41) is 19.5. The third kappa shape index (κ3) is 3.53. The van der Waals surface area contributed by atoms with Gasteiger partial charge in [0, 0.05) is 8.95 Å². The Bertz CT molecular complexity index is 333. The molecule has 15 heavy (non-hydrogen) atoms. The Balaban J connectivity index is 2.89. The van der Waals surface area contributed by atoms with E-state index in [0.29, 0.717) is 18.5 Å². The van der Waals surface area contributed by atoms with E-state index < -0.39 is 12.2 Å². The number of hydrogen-bond donors (Lipinski definition) is 3. The number of nitrogens with two attached hydrogens (primary N) is 1. The van der Waals surface area contributed by atoms with Crippen LogP contribution >= 0.6 is 31.9 Å². The van der Waals surface area contributed by atoms with Crippen LogP contribution in [0.2, 0.25) is 0 Å². The Kier molecular flexibility index (Phi) is 5.22. The summed E-state index contributed by atoms with van der Waals surface area (Å²) in [7, 11) is 0. The second-order valence-electron chi connectivity index (χ2n) is 3.26. The molecule has 1 aromatic rings. The summed E-state index contributed by atoms with van der Waals surface area (Å²) in [4.78, 5) is 0. The van der Waals surface area contributed by atoms with Gasteiger partial charge in [-0.2, -0.15) is 0 Å². The lowest BCUT2D eigenvalue weighted by Crippen LogP contribution is -2.22. The molecular formula is C10H13Br2NO2. The molecule has 0 bridgehead atoms. The molecule has 0 fully saturated rings. The van der Waals surface area contributed by atoms with E-state index in [4.69, 9.17) is 5.73 Å². The fraction of sp³-hybridized carbons (Fsp3) is 0.400. The molecule has 0 spiro atoms. The number of benzene rings is 1. The lowest BCUT2D eigenvalue weighted by molar-refractivity contribution is 0.0146. The van der Waals surface area contributed by atoms with E-state index in [1.165, 1.54) is 0 Å². The highest BCUT2D eigenvalue weighted by Gasteiger charge is 2.19. The van der Waals surface area contributed by atoms with Crippen LogP contribution < -0.4 is 5.73 Å². The number of halogens is 2. The van der Waals surface area contributed by atoms with E-state index in [2.05, 4.69) is 31.9 Å². The van der Waals surface area contributed by atoms with Gasteiger partial charge >= 0.3 is 0 Å². The van der Waals surface area contributed by atoms with Gasteiger partial charge in [0.25, 0.3) is 0 Å². The fourth-order valence-corrected chi connectivity index (χ4v) is 2.14. The Hall–Kier alpha value is 0.0600. The highest BCUT2D eigenvalue weighted by atomic mass is 79.9. The van der Waals surface area contributed by atoms with Crippen LogP contribution in [0.3, 0.4) is 0 Å².